The van der Waals surface area contributed by atoms with Crippen LogP contribution in [0.1, 0.15) is 0 Å². The molecule has 2 nitrogen and oxygen atoms in total. The molecule has 64 valence electrons. The van der Waals surface area contributed by atoms with E-state index in [1.807, 2.05) is 0 Å². The minimum absolute atomic E-state index is 1.62. The van der Waals surface area contributed by atoms with Crippen LogP contribution in [0.2, 0.25) is 0 Å². The Balaban J connectivity index is 0.000000183. The van der Waals surface area contributed by atoms with Gasteiger partial charge in [-0.1, -0.05) is 0 Å². The quantitative estimate of drug-likeness (QED) is 0.641. The maximum absolute atomic E-state index is 10.4. The molecular formula is C5H6F4N2. The number of halogens is 4. The molecule has 6 heteroatoms. The van der Waals surface area contributed by atoms with E-state index in [9.17, 15) is 17.6 Å². The van der Waals surface area contributed by atoms with Crippen LogP contribution in [-0.2, 0) is 0 Å². The zero-order valence-corrected chi connectivity index (χ0v) is 5.35. The van der Waals surface area contributed by atoms with Crippen molar-refractivity contribution in [1.29, 1.82) is 0 Å². The second kappa shape index (κ2) is 5.70. The van der Waals surface area contributed by atoms with E-state index in [4.69, 9.17) is 0 Å². The Labute approximate surface area is 60.3 Å². The predicted molar refractivity (Wildman–Crippen MR) is 30.6 cm³/mol. The fourth-order valence-electron chi connectivity index (χ4n) is 0.215. The third-order valence-electron chi connectivity index (χ3n) is 0.596. The van der Waals surface area contributed by atoms with Gasteiger partial charge in [0.05, 0.1) is 6.33 Å². The van der Waals surface area contributed by atoms with Crippen LogP contribution in [0.4, 0.5) is 17.6 Å². The van der Waals surface area contributed by atoms with Crippen molar-refractivity contribution in [2.45, 2.75) is 12.9 Å². The summed E-state index contributed by atoms with van der Waals surface area (Å²) in [5.74, 6) is 0. The van der Waals surface area contributed by atoms with Crippen LogP contribution < -0.4 is 0 Å². The first-order chi connectivity index (χ1) is 5.14. The van der Waals surface area contributed by atoms with Gasteiger partial charge in [0.1, 0.15) is 0 Å². The minimum Gasteiger partial charge on any atom is -0.351 e. The zero-order chi connectivity index (χ0) is 8.69. The number of alkyl halides is 4. The second-order valence-corrected chi connectivity index (χ2v) is 1.43. The zero-order valence-electron chi connectivity index (χ0n) is 5.35. The molecule has 0 aromatic carbocycles. The second-order valence-electron chi connectivity index (χ2n) is 1.43. The summed E-state index contributed by atoms with van der Waals surface area (Å²) in [5, 5.41) is 0. The monoisotopic (exact) mass is 170 g/mol. The topological polar surface area (TPSA) is 28.7 Å². The van der Waals surface area contributed by atoms with Gasteiger partial charge in [-0.25, -0.2) is 22.5 Å². The number of hydrogen-bond donors (Lipinski definition) is 1. The van der Waals surface area contributed by atoms with Crippen LogP contribution in [0.15, 0.2) is 18.7 Å². The summed E-state index contributed by atoms with van der Waals surface area (Å²) in [7, 11) is 0. The Morgan fingerprint density at radius 1 is 1.09 bits per heavy atom. The van der Waals surface area contributed by atoms with E-state index < -0.39 is 12.9 Å². The highest BCUT2D eigenvalue weighted by molar-refractivity contribution is 4.64. The summed E-state index contributed by atoms with van der Waals surface area (Å²) in [5.41, 5.74) is 0. The summed E-state index contributed by atoms with van der Waals surface area (Å²) in [4.78, 5) is 6.42. The molecule has 1 heterocycles. The van der Waals surface area contributed by atoms with Crippen LogP contribution in [-0.4, -0.2) is 22.8 Å². The fourth-order valence-corrected chi connectivity index (χ4v) is 0.215. The summed E-state index contributed by atoms with van der Waals surface area (Å²) in [6.07, 6.45) is -1.88. The fraction of sp³-hybridized carbons (Fsp3) is 0.400. The molecular weight excluding hydrogens is 164 g/mol. The smallest absolute Gasteiger partial charge is 0.298 e. The van der Waals surface area contributed by atoms with Crippen molar-refractivity contribution in [2.75, 3.05) is 0 Å². The van der Waals surface area contributed by atoms with E-state index in [2.05, 4.69) is 9.97 Å². The van der Waals surface area contributed by atoms with Crippen molar-refractivity contribution in [3.05, 3.63) is 18.7 Å². The van der Waals surface area contributed by atoms with Crippen LogP contribution in [0.5, 0.6) is 0 Å². The molecule has 0 saturated carbocycles. The van der Waals surface area contributed by atoms with Gasteiger partial charge in [-0.15, -0.1) is 0 Å². The molecule has 0 amide bonds. The molecule has 0 aliphatic rings. The summed E-state index contributed by atoms with van der Waals surface area (Å²) < 4.78 is 41.6. The number of H-pyrrole nitrogens is 1. The molecule has 1 N–H and O–H groups in total. The van der Waals surface area contributed by atoms with Crippen LogP contribution in [0.3, 0.4) is 0 Å². The molecule has 0 aliphatic heterocycles. The normalized spacial score (nSPS) is 9.64. The molecule has 0 atom stereocenters. The highest BCUT2D eigenvalue weighted by atomic mass is 19.3. The Hall–Kier alpha value is -1.07. The number of hydrogen-bond acceptors (Lipinski definition) is 1. The largest absolute Gasteiger partial charge is 0.351 e. The Morgan fingerprint density at radius 2 is 1.64 bits per heavy atom. The lowest BCUT2D eigenvalue weighted by Crippen LogP contribution is -2.02. The van der Waals surface area contributed by atoms with Crippen LogP contribution in [0.25, 0.3) is 0 Å². The molecule has 0 saturated heterocycles. The number of rotatable bonds is 1. The highest BCUT2D eigenvalue weighted by Gasteiger charge is 2.15. The van der Waals surface area contributed by atoms with Crippen molar-refractivity contribution >= 4 is 0 Å². The third kappa shape index (κ3) is 6.82. The maximum atomic E-state index is 10.4. The molecule has 1 rings (SSSR count). The van der Waals surface area contributed by atoms with Gasteiger partial charge >= 0.3 is 0 Å². The molecule has 0 bridgehead atoms. The van der Waals surface area contributed by atoms with Gasteiger partial charge < -0.3 is 4.98 Å². The molecule has 1 aromatic heterocycles. The average Bonchev–Trinajstić information content (AvgIpc) is 2.41. The summed E-state index contributed by atoms with van der Waals surface area (Å²) >= 11 is 0. The molecule has 1 aromatic rings. The van der Waals surface area contributed by atoms with Gasteiger partial charge in [-0.2, -0.15) is 0 Å². The van der Waals surface area contributed by atoms with Crippen molar-refractivity contribution in [2.24, 2.45) is 0 Å². The first-order valence-corrected chi connectivity index (χ1v) is 2.63. The Morgan fingerprint density at radius 3 is 1.73 bits per heavy atom. The number of aromatic nitrogens is 2. The van der Waals surface area contributed by atoms with E-state index in [0.717, 1.165) is 0 Å². The molecule has 0 aliphatic carbocycles. The molecule has 0 radical (unpaired) electrons. The van der Waals surface area contributed by atoms with Gasteiger partial charge in [-0.3, -0.25) is 0 Å². The lowest BCUT2D eigenvalue weighted by Gasteiger charge is -1.89. The van der Waals surface area contributed by atoms with Gasteiger partial charge in [-0.05, 0) is 0 Å². The van der Waals surface area contributed by atoms with Crippen molar-refractivity contribution in [3.8, 4) is 0 Å². The van der Waals surface area contributed by atoms with Crippen molar-refractivity contribution < 1.29 is 17.6 Å². The SMILES string of the molecule is FC(F)C(F)F.c1c[nH]cn1. The summed E-state index contributed by atoms with van der Waals surface area (Å²) in [6.45, 7) is 0. The number of nitrogens with zero attached hydrogens (tertiary/aromatic N) is 1. The molecule has 0 fully saturated rings. The van der Waals surface area contributed by atoms with E-state index >= 15 is 0 Å². The Bertz CT molecular complexity index is 128. The van der Waals surface area contributed by atoms with Crippen LogP contribution in [0, 0.1) is 0 Å². The lowest BCUT2D eigenvalue weighted by atomic mass is 10.8. The summed E-state index contributed by atoms with van der Waals surface area (Å²) in [6, 6.07) is 0. The van der Waals surface area contributed by atoms with Crippen molar-refractivity contribution in [3.63, 3.8) is 0 Å². The highest BCUT2D eigenvalue weighted by Crippen LogP contribution is 2.04. The standard InChI is InChI=1S/C3H4N2.C2H2F4/c1-2-5-3-4-1;3-1(4)2(5)6/h1-3H,(H,4,5);1-2H. The van der Waals surface area contributed by atoms with E-state index in [1.54, 1.807) is 18.7 Å². The van der Waals surface area contributed by atoms with Crippen LogP contribution >= 0.6 is 0 Å². The number of imidazole rings is 1. The first-order valence-electron chi connectivity index (χ1n) is 2.63. The number of aromatic amines is 1. The van der Waals surface area contributed by atoms with Gasteiger partial charge in [0.2, 0.25) is 0 Å². The van der Waals surface area contributed by atoms with Gasteiger partial charge in [0.25, 0.3) is 12.9 Å². The third-order valence-corrected chi connectivity index (χ3v) is 0.596. The molecule has 0 spiro atoms. The van der Waals surface area contributed by atoms with Gasteiger partial charge in [0, 0.05) is 12.4 Å². The number of nitrogens with one attached hydrogen (secondary N) is 1. The maximum Gasteiger partial charge on any atom is 0.298 e. The van der Waals surface area contributed by atoms with E-state index in [-0.39, 0.29) is 0 Å². The predicted octanol–water partition coefficient (Wildman–Crippen LogP) is 1.93. The average molecular weight is 170 g/mol. The minimum atomic E-state index is -3.48. The molecule has 11 heavy (non-hydrogen) atoms. The first kappa shape index (κ1) is 9.93. The van der Waals surface area contributed by atoms with Crippen molar-refractivity contribution in [1.82, 2.24) is 9.97 Å². The van der Waals surface area contributed by atoms with Gasteiger partial charge in [0.15, 0.2) is 0 Å². The Kier molecular flexibility index (Phi) is 5.14. The van der Waals surface area contributed by atoms with E-state index in [0.29, 0.717) is 0 Å². The molecule has 0 unspecified atom stereocenters. The lowest BCUT2D eigenvalue weighted by molar-refractivity contribution is -0.0278. The van der Waals surface area contributed by atoms with E-state index in [1.165, 1.54) is 0 Å².